The fraction of sp³-hybridized carbons (Fsp3) is 0. The van der Waals surface area contributed by atoms with Crippen LogP contribution in [0, 0.1) is 5.82 Å². The molecule has 3 rings (SSSR count). The molecule has 0 unspecified atom stereocenters. The van der Waals surface area contributed by atoms with Gasteiger partial charge in [-0.05, 0) is 30.3 Å². The zero-order chi connectivity index (χ0) is 14.2. The van der Waals surface area contributed by atoms with Crippen LogP contribution in [0.15, 0.2) is 58.2 Å². The Morgan fingerprint density at radius 1 is 1.15 bits per heavy atom. The van der Waals surface area contributed by atoms with Gasteiger partial charge >= 0.3 is 0 Å². The first-order chi connectivity index (χ1) is 9.56. The summed E-state index contributed by atoms with van der Waals surface area (Å²) >= 11 is 0. The number of benzene rings is 2. The Bertz CT molecular complexity index is 874. The van der Waals surface area contributed by atoms with Gasteiger partial charge in [0, 0.05) is 0 Å². The second kappa shape index (κ2) is 4.61. The van der Waals surface area contributed by atoms with Gasteiger partial charge in [-0.1, -0.05) is 12.1 Å². The quantitative estimate of drug-likeness (QED) is 0.805. The van der Waals surface area contributed by atoms with E-state index in [0.29, 0.717) is 11.1 Å². The highest BCUT2D eigenvalue weighted by Crippen LogP contribution is 2.22. The van der Waals surface area contributed by atoms with Crippen LogP contribution in [0.25, 0.3) is 11.1 Å². The van der Waals surface area contributed by atoms with Crippen LogP contribution in [0.4, 0.5) is 10.1 Å². The van der Waals surface area contributed by atoms with Gasteiger partial charge in [0.25, 0.3) is 10.0 Å². The molecule has 3 aromatic rings. The van der Waals surface area contributed by atoms with Crippen molar-refractivity contribution in [2.45, 2.75) is 4.90 Å². The molecule has 0 aliphatic heterocycles. The standard InChI is InChI=1S/C13H9FN2O3S/c14-10-3-1-2-4-13(10)20(17,18)16-9-5-6-12-11(7-9)15-8-19-12/h1-8,16H. The maximum Gasteiger partial charge on any atom is 0.264 e. The maximum absolute atomic E-state index is 13.5. The van der Waals surface area contributed by atoms with E-state index in [1.54, 1.807) is 6.07 Å². The molecule has 1 N–H and O–H groups in total. The molecule has 0 saturated carbocycles. The summed E-state index contributed by atoms with van der Waals surface area (Å²) in [5, 5.41) is 0. The summed E-state index contributed by atoms with van der Waals surface area (Å²) < 4.78 is 45.1. The van der Waals surface area contributed by atoms with Gasteiger partial charge in [0.1, 0.15) is 16.2 Å². The van der Waals surface area contributed by atoms with Crippen LogP contribution in [-0.4, -0.2) is 13.4 Å². The lowest BCUT2D eigenvalue weighted by atomic mass is 10.3. The van der Waals surface area contributed by atoms with Crippen molar-refractivity contribution in [3.05, 3.63) is 54.7 Å². The van der Waals surface area contributed by atoms with E-state index < -0.39 is 20.7 Å². The molecule has 0 saturated heterocycles. The van der Waals surface area contributed by atoms with Gasteiger partial charge in [-0.15, -0.1) is 0 Å². The van der Waals surface area contributed by atoms with E-state index in [1.165, 1.54) is 36.7 Å². The van der Waals surface area contributed by atoms with Crippen molar-refractivity contribution in [2.75, 3.05) is 4.72 Å². The van der Waals surface area contributed by atoms with Gasteiger partial charge in [-0.25, -0.2) is 17.8 Å². The predicted molar refractivity (Wildman–Crippen MR) is 71.2 cm³/mol. The van der Waals surface area contributed by atoms with Crippen molar-refractivity contribution < 1.29 is 17.2 Å². The lowest BCUT2D eigenvalue weighted by Crippen LogP contribution is -2.14. The molecule has 2 aromatic carbocycles. The molecular formula is C13H9FN2O3S. The Balaban J connectivity index is 1.99. The van der Waals surface area contributed by atoms with Gasteiger partial charge in [0.2, 0.25) is 0 Å². The minimum absolute atomic E-state index is 0.287. The number of anilines is 1. The van der Waals surface area contributed by atoms with Crippen LogP contribution in [0.1, 0.15) is 0 Å². The summed E-state index contributed by atoms with van der Waals surface area (Å²) in [7, 11) is -3.98. The van der Waals surface area contributed by atoms with Crippen LogP contribution in [0.2, 0.25) is 0 Å². The van der Waals surface area contributed by atoms with E-state index in [9.17, 15) is 12.8 Å². The number of sulfonamides is 1. The van der Waals surface area contributed by atoms with Gasteiger partial charge in [-0.3, -0.25) is 4.72 Å². The molecule has 1 heterocycles. The van der Waals surface area contributed by atoms with Gasteiger partial charge in [-0.2, -0.15) is 0 Å². The van der Waals surface area contributed by atoms with E-state index in [0.717, 1.165) is 6.07 Å². The first kappa shape index (κ1) is 12.6. The number of oxazole rings is 1. The van der Waals surface area contributed by atoms with E-state index in [4.69, 9.17) is 4.42 Å². The second-order valence-corrected chi connectivity index (χ2v) is 5.72. The summed E-state index contributed by atoms with van der Waals surface area (Å²) in [5.74, 6) is -0.803. The summed E-state index contributed by atoms with van der Waals surface area (Å²) in [6.07, 6.45) is 1.26. The highest BCUT2D eigenvalue weighted by Gasteiger charge is 2.18. The molecule has 0 aliphatic carbocycles. The third-order valence-electron chi connectivity index (χ3n) is 2.71. The maximum atomic E-state index is 13.5. The van der Waals surface area contributed by atoms with Crippen molar-refractivity contribution in [3.63, 3.8) is 0 Å². The Labute approximate surface area is 114 Å². The molecule has 0 spiro atoms. The Hall–Kier alpha value is -2.41. The number of halogens is 1. The molecular weight excluding hydrogens is 283 g/mol. The van der Waals surface area contributed by atoms with Crippen molar-refractivity contribution >= 4 is 26.8 Å². The van der Waals surface area contributed by atoms with Crippen LogP contribution in [-0.2, 0) is 10.0 Å². The molecule has 7 heteroatoms. The van der Waals surface area contributed by atoms with Crippen LogP contribution < -0.4 is 4.72 Å². The zero-order valence-electron chi connectivity index (χ0n) is 10.1. The highest BCUT2D eigenvalue weighted by atomic mass is 32.2. The van der Waals surface area contributed by atoms with E-state index in [-0.39, 0.29) is 5.69 Å². The van der Waals surface area contributed by atoms with Gasteiger partial charge in [0.15, 0.2) is 12.0 Å². The molecule has 0 radical (unpaired) electrons. The minimum Gasteiger partial charge on any atom is -0.443 e. The van der Waals surface area contributed by atoms with Crippen molar-refractivity contribution in [2.24, 2.45) is 0 Å². The molecule has 5 nitrogen and oxygen atoms in total. The number of hydrogen-bond donors (Lipinski definition) is 1. The smallest absolute Gasteiger partial charge is 0.264 e. The third-order valence-corrected chi connectivity index (χ3v) is 4.12. The average molecular weight is 292 g/mol. The molecule has 0 atom stereocenters. The number of hydrogen-bond acceptors (Lipinski definition) is 4. The molecule has 1 aromatic heterocycles. The molecule has 0 bridgehead atoms. The predicted octanol–water partition coefficient (Wildman–Crippen LogP) is 2.77. The fourth-order valence-electron chi connectivity index (χ4n) is 1.79. The van der Waals surface area contributed by atoms with Crippen molar-refractivity contribution in [3.8, 4) is 0 Å². The number of fused-ring (bicyclic) bond motifs is 1. The van der Waals surface area contributed by atoms with E-state index in [1.807, 2.05) is 0 Å². The molecule has 0 fully saturated rings. The highest BCUT2D eigenvalue weighted by molar-refractivity contribution is 7.92. The molecule has 0 aliphatic rings. The number of aromatic nitrogens is 1. The number of rotatable bonds is 3. The lowest BCUT2D eigenvalue weighted by Gasteiger charge is -2.08. The first-order valence-electron chi connectivity index (χ1n) is 5.67. The second-order valence-electron chi connectivity index (χ2n) is 4.07. The first-order valence-corrected chi connectivity index (χ1v) is 7.15. The Morgan fingerprint density at radius 2 is 1.95 bits per heavy atom. The molecule has 102 valence electrons. The van der Waals surface area contributed by atoms with Crippen molar-refractivity contribution in [1.82, 2.24) is 4.98 Å². The zero-order valence-corrected chi connectivity index (χ0v) is 10.9. The number of nitrogens with zero attached hydrogens (tertiary/aromatic N) is 1. The van der Waals surface area contributed by atoms with Crippen molar-refractivity contribution in [1.29, 1.82) is 0 Å². The molecule has 0 amide bonds. The molecule has 20 heavy (non-hydrogen) atoms. The normalized spacial score (nSPS) is 11.7. The summed E-state index contributed by atoms with van der Waals surface area (Å²) in [6.45, 7) is 0. The number of nitrogens with one attached hydrogen (secondary N) is 1. The minimum atomic E-state index is -3.98. The SMILES string of the molecule is O=S(=O)(Nc1ccc2ocnc2c1)c1ccccc1F. The van der Waals surface area contributed by atoms with Gasteiger partial charge < -0.3 is 4.42 Å². The summed E-state index contributed by atoms with van der Waals surface area (Å²) in [5.41, 5.74) is 1.34. The Kier molecular flexibility index (Phi) is 2.90. The van der Waals surface area contributed by atoms with Crippen LogP contribution in [0.3, 0.4) is 0 Å². The lowest BCUT2D eigenvalue weighted by molar-refractivity contribution is 0.570. The van der Waals surface area contributed by atoms with E-state index in [2.05, 4.69) is 9.71 Å². The van der Waals surface area contributed by atoms with Gasteiger partial charge in [0.05, 0.1) is 5.69 Å². The summed E-state index contributed by atoms with van der Waals surface area (Å²) in [6, 6.07) is 9.79. The largest absolute Gasteiger partial charge is 0.443 e. The topological polar surface area (TPSA) is 72.2 Å². The fourth-order valence-corrected chi connectivity index (χ4v) is 2.92. The third kappa shape index (κ3) is 2.23. The average Bonchev–Trinajstić information content (AvgIpc) is 2.86. The van der Waals surface area contributed by atoms with Crippen LogP contribution >= 0.6 is 0 Å². The Morgan fingerprint density at radius 3 is 2.75 bits per heavy atom. The summed E-state index contributed by atoms with van der Waals surface area (Å²) in [4.78, 5) is 3.52. The monoisotopic (exact) mass is 292 g/mol. The van der Waals surface area contributed by atoms with E-state index >= 15 is 0 Å². The van der Waals surface area contributed by atoms with Crippen LogP contribution in [0.5, 0.6) is 0 Å².